The van der Waals surface area contributed by atoms with Gasteiger partial charge in [-0.1, -0.05) is 25.1 Å². The highest BCUT2D eigenvalue weighted by Gasteiger charge is 2.75. The van der Waals surface area contributed by atoms with Crippen LogP contribution < -0.4 is 4.90 Å². The first-order chi connectivity index (χ1) is 13.1. The van der Waals surface area contributed by atoms with Gasteiger partial charge in [0.1, 0.15) is 5.75 Å². The van der Waals surface area contributed by atoms with Crippen LogP contribution in [-0.4, -0.2) is 47.4 Å². The molecule has 4 aliphatic heterocycles. The molecule has 142 valence electrons. The first kappa shape index (κ1) is 16.1. The maximum absolute atomic E-state index is 13.2. The number of ether oxygens (including phenoxy) is 1. The number of para-hydroxylation sites is 1. The SMILES string of the molecule is CCCC(=O)N1c2c(O)cccc2C23CCN4CCC(CC12)C1=CCOC143. The third-order valence-corrected chi connectivity index (χ3v) is 7.86. The van der Waals surface area contributed by atoms with Gasteiger partial charge in [0.15, 0.2) is 5.72 Å². The lowest BCUT2D eigenvalue weighted by molar-refractivity contribution is -0.158. The molecule has 5 nitrogen and oxygen atoms in total. The van der Waals surface area contributed by atoms with Crippen LogP contribution in [0.5, 0.6) is 5.75 Å². The van der Waals surface area contributed by atoms with Crippen molar-refractivity contribution in [2.45, 2.75) is 56.2 Å². The topological polar surface area (TPSA) is 53.0 Å². The van der Waals surface area contributed by atoms with Crippen molar-refractivity contribution in [1.29, 1.82) is 0 Å². The first-order valence-corrected chi connectivity index (χ1v) is 10.4. The Morgan fingerprint density at radius 2 is 2.26 bits per heavy atom. The molecule has 1 aromatic rings. The molecule has 4 atom stereocenters. The lowest BCUT2D eigenvalue weighted by atomic mass is 9.56. The average Bonchev–Trinajstić information content (AvgIpc) is 3.32. The summed E-state index contributed by atoms with van der Waals surface area (Å²) in [4.78, 5) is 17.7. The fourth-order valence-electron chi connectivity index (χ4n) is 7.10. The third-order valence-electron chi connectivity index (χ3n) is 7.86. The molecule has 5 heteroatoms. The minimum Gasteiger partial charge on any atom is -0.506 e. The second kappa shape index (κ2) is 5.15. The number of hydrogen-bond acceptors (Lipinski definition) is 4. The van der Waals surface area contributed by atoms with Crippen LogP contribution in [0, 0.1) is 5.92 Å². The van der Waals surface area contributed by atoms with E-state index in [0.29, 0.717) is 18.9 Å². The fourth-order valence-corrected chi connectivity index (χ4v) is 7.10. The second-order valence-corrected chi connectivity index (χ2v) is 8.75. The van der Waals surface area contributed by atoms with E-state index < -0.39 is 5.72 Å². The maximum atomic E-state index is 13.2. The van der Waals surface area contributed by atoms with Crippen LogP contribution in [0.15, 0.2) is 29.8 Å². The van der Waals surface area contributed by atoms with Crippen LogP contribution in [0.25, 0.3) is 0 Å². The predicted molar refractivity (Wildman–Crippen MR) is 102 cm³/mol. The molecule has 3 fully saturated rings. The van der Waals surface area contributed by atoms with Crippen molar-refractivity contribution < 1.29 is 14.6 Å². The average molecular weight is 366 g/mol. The van der Waals surface area contributed by atoms with Crippen LogP contribution in [0.1, 0.15) is 44.6 Å². The second-order valence-electron chi connectivity index (χ2n) is 8.75. The number of carbonyl (C=O) groups is 1. The summed E-state index contributed by atoms with van der Waals surface area (Å²) in [5, 5.41) is 10.8. The summed E-state index contributed by atoms with van der Waals surface area (Å²) in [6, 6.07) is 5.86. The Bertz CT molecular complexity index is 880. The number of benzene rings is 1. The van der Waals surface area contributed by atoms with Gasteiger partial charge in [0.05, 0.1) is 23.8 Å². The molecule has 1 saturated carbocycles. The van der Waals surface area contributed by atoms with Crippen LogP contribution in [0.3, 0.4) is 0 Å². The number of rotatable bonds is 2. The highest BCUT2D eigenvalue weighted by molar-refractivity contribution is 5.99. The van der Waals surface area contributed by atoms with Gasteiger partial charge in [-0.2, -0.15) is 0 Å². The van der Waals surface area contributed by atoms with Crippen molar-refractivity contribution in [1.82, 2.24) is 4.90 Å². The number of carbonyl (C=O) groups excluding carboxylic acids is 1. The summed E-state index contributed by atoms with van der Waals surface area (Å²) in [6.07, 6.45) is 6.74. The van der Waals surface area contributed by atoms with E-state index in [0.717, 1.165) is 50.0 Å². The highest BCUT2D eigenvalue weighted by Crippen LogP contribution is 2.69. The lowest BCUT2D eigenvalue weighted by Gasteiger charge is -2.58. The Hall–Kier alpha value is -1.85. The maximum Gasteiger partial charge on any atom is 0.227 e. The number of phenolic OH excluding ortho intramolecular Hbond substituents is 1. The zero-order valence-corrected chi connectivity index (χ0v) is 15.8. The molecule has 0 aromatic heterocycles. The van der Waals surface area contributed by atoms with Gasteiger partial charge in [0.25, 0.3) is 0 Å². The minimum atomic E-state index is -0.414. The van der Waals surface area contributed by atoms with Gasteiger partial charge in [-0.25, -0.2) is 0 Å². The number of amides is 1. The quantitative estimate of drug-likeness (QED) is 0.818. The van der Waals surface area contributed by atoms with E-state index in [1.165, 1.54) is 5.57 Å². The summed E-state index contributed by atoms with van der Waals surface area (Å²) < 4.78 is 6.61. The molecule has 1 amide bonds. The highest BCUT2D eigenvalue weighted by atomic mass is 16.5. The molecule has 4 unspecified atom stereocenters. The Morgan fingerprint density at radius 1 is 1.37 bits per heavy atom. The van der Waals surface area contributed by atoms with E-state index in [2.05, 4.69) is 17.0 Å². The number of anilines is 1. The molecule has 1 aliphatic carbocycles. The summed E-state index contributed by atoms with van der Waals surface area (Å²) in [7, 11) is 0. The Morgan fingerprint density at radius 3 is 3.11 bits per heavy atom. The molecule has 27 heavy (non-hydrogen) atoms. The molecule has 2 saturated heterocycles. The van der Waals surface area contributed by atoms with Gasteiger partial charge in [-0.15, -0.1) is 0 Å². The first-order valence-electron chi connectivity index (χ1n) is 10.4. The zero-order valence-electron chi connectivity index (χ0n) is 15.8. The number of nitrogens with zero attached hydrogens (tertiary/aromatic N) is 2. The van der Waals surface area contributed by atoms with Gasteiger partial charge in [0, 0.05) is 19.5 Å². The van der Waals surface area contributed by atoms with Gasteiger partial charge < -0.3 is 14.7 Å². The van der Waals surface area contributed by atoms with E-state index in [4.69, 9.17) is 4.74 Å². The smallest absolute Gasteiger partial charge is 0.227 e. The molecule has 1 aromatic carbocycles. The van der Waals surface area contributed by atoms with Crippen molar-refractivity contribution >= 4 is 11.6 Å². The summed E-state index contributed by atoms with van der Waals surface area (Å²) in [6.45, 7) is 4.76. The van der Waals surface area contributed by atoms with Crippen LogP contribution in [0.4, 0.5) is 5.69 Å². The minimum absolute atomic E-state index is 0.0744. The van der Waals surface area contributed by atoms with E-state index >= 15 is 0 Å². The molecule has 2 bridgehead atoms. The molecule has 6 rings (SSSR count). The van der Waals surface area contributed by atoms with Crippen LogP contribution >= 0.6 is 0 Å². The Balaban J connectivity index is 1.64. The van der Waals surface area contributed by atoms with Crippen molar-refractivity contribution in [3.63, 3.8) is 0 Å². The largest absolute Gasteiger partial charge is 0.506 e. The van der Waals surface area contributed by atoms with Crippen molar-refractivity contribution in [2.75, 3.05) is 24.6 Å². The molecule has 1 N–H and O–H groups in total. The van der Waals surface area contributed by atoms with Crippen molar-refractivity contribution in [2.24, 2.45) is 5.92 Å². The predicted octanol–water partition coefficient (Wildman–Crippen LogP) is 2.93. The number of hydrogen-bond donors (Lipinski definition) is 1. The summed E-state index contributed by atoms with van der Waals surface area (Å²) in [5.74, 6) is 0.850. The molecular formula is C22H26N2O3. The van der Waals surface area contributed by atoms with Crippen LogP contribution in [0.2, 0.25) is 0 Å². The molecule has 4 heterocycles. The van der Waals surface area contributed by atoms with E-state index in [-0.39, 0.29) is 23.1 Å². The van der Waals surface area contributed by atoms with Crippen LogP contribution in [-0.2, 0) is 14.9 Å². The van der Waals surface area contributed by atoms with E-state index in [9.17, 15) is 9.90 Å². The monoisotopic (exact) mass is 366 g/mol. The standard InChI is InChI=1S/C22H26N2O3/c1-2-4-19(26)24-18-13-14-7-10-23-11-9-21(18,22(23)15(14)8-12-27-22)16-5-3-6-17(25)20(16)24/h3,5-6,8,14,18,25H,2,4,7,9-13H2,1H3. The number of phenols is 1. The summed E-state index contributed by atoms with van der Waals surface area (Å²) >= 11 is 0. The summed E-state index contributed by atoms with van der Waals surface area (Å²) in [5.41, 5.74) is 2.64. The normalized spacial score (nSPS) is 38.4. The molecular weight excluding hydrogens is 340 g/mol. The lowest BCUT2D eigenvalue weighted by Crippen LogP contribution is -2.69. The number of piperidine rings is 1. The zero-order chi connectivity index (χ0) is 18.4. The molecule has 2 spiro atoms. The molecule has 0 radical (unpaired) electrons. The van der Waals surface area contributed by atoms with E-state index in [1.807, 2.05) is 17.9 Å². The van der Waals surface area contributed by atoms with E-state index in [1.54, 1.807) is 6.07 Å². The third kappa shape index (κ3) is 1.60. The van der Waals surface area contributed by atoms with Gasteiger partial charge >= 0.3 is 0 Å². The molecule has 5 aliphatic rings. The Kier molecular flexibility index (Phi) is 3.08. The number of fused-ring (bicyclic) bond motifs is 1. The van der Waals surface area contributed by atoms with Crippen molar-refractivity contribution in [3.05, 3.63) is 35.4 Å². The Labute approximate surface area is 159 Å². The van der Waals surface area contributed by atoms with Gasteiger partial charge in [0.2, 0.25) is 5.91 Å². The fraction of sp³-hybridized carbons (Fsp3) is 0.591. The van der Waals surface area contributed by atoms with Gasteiger partial charge in [-0.05, 0) is 48.8 Å². The van der Waals surface area contributed by atoms with Crippen molar-refractivity contribution in [3.8, 4) is 5.75 Å². The van der Waals surface area contributed by atoms with Gasteiger partial charge in [-0.3, -0.25) is 9.69 Å². The number of aromatic hydroxyl groups is 1.